The summed E-state index contributed by atoms with van der Waals surface area (Å²) in [6.07, 6.45) is 6.14. The maximum atomic E-state index is 11.5. The maximum absolute atomic E-state index is 11.5. The van der Waals surface area contributed by atoms with Crippen molar-refractivity contribution in [2.45, 2.75) is 83.8 Å². The van der Waals surface area contributed by atoms with Crippen LogP contribution in [0.2, 0.25) is 0 Å². The molecule has 0 aliphatic rings. The Balaban J connectivity index is 3.48. The normalized spacial score (nSPS) is 13.3. The molecule has 1 atom stereocenters. The molecular weight excluding hydrogens is 244 g/mol. The third kappa shape index (κ3) is 13.6. The summed E-state index contributed by atoms with van der Waals surface area (Å²) < 4.78 is 5.18. The van der Waals surface area contributed by atoms with Gasteiger partial charge in [0.15, 0.2) is 0 Å². The Morgan fingerprint density at radius 3 is 2.21 bits per heavy atom. The molecule has 0 radical (unpaired) electrons. The van der Waals surface area contributed by atoms with E-state index in [2.05, 4.69) is 0 Å². The lowest BCUT2D eigenvalue weighted by atomic mass is 10.0. The van der Waals surface area contributed by atoms with Crippen LogP contribution in [0.3, 0.4) is 0 Å². The van der Waals surface area contributed by atoms with Crippen LogP contribution in [-0.2, 0) is 9.53 Å². The van der Waals surface area contributed by atoms with Gasteiger partial charge >= 0.3 is 5.97 Å². The van der Waals surface area contributed by atoms with Crippen molar-refractivity contribution >= 4 is 5.97 Å². The molecule has 0 aliphatic carbocycles. The van der Waals surface area contributed by atoms with Crippen molar-refractivity contribution in [1.29, 1.82) is 0 Å². The Morgan fingerprint density at radius 2 is 1.63 bits per heavy atom. The van der Waals surface area contributed by atoms with Gasteiger partial charge in [-0.15, -0.1) is 0 Å². The van der Waals surface area contributed by atoms with Crippen molar-refractivity contribution in [2.75, 3.05) is 6.61 Å². The number of ether oxygens (including phenoxy) is 1. The molecule has 4 nitrogen and oxygen atoms in total. The highest BCUT2D eigenvalue weighted by atomic mass is 16.6. The van der Waals surface area contributed by atoms with Crippen LogP contribution >= 0.6 is 0 Å². The van der Waals surface area contributed by atoms with E-state index in [1.807, 2.05) is 20.8 Å². The molecule has 0 unspecified atom stereocenters. The molecule has 19 heavy (non-hydrogen) atoms. The molecule has 0 aliphatic heterocycles. The third-order valence-corrected chi connectivity index (χ3v) is 2.80. The van der Waals surface area contributed by atoms with E-state index in [1.165, 1.54) is 0 Å². The minimum Gasteiger partial charge on any atom is -0.460 e. The predicted octanol–water partition coefficient (Wildman–Crippen LogP) is 2.80. The summed E-state index contributed by atoms with van der Waals surface area (Å²) in [5.74, 6) is -0.241. The van der Waals surface area contributed by atoms with Crippen LogP contribution in [0.15, 0.2) is 0 Å². The minimum atomic E-state index is -0.450. The smallest absolute Gasteiger partial charge is 0.306 e. The average Bonchev–Trinajstić information content (AvgIpc) is 2.29. The zero-order valence-corrected chi connectivity index (χ0v) is 12.7. The summed E-state index contributed by atoms with van der Waals surface area (Å²) >= 11 is 0. The molecule has 0 saturated heterocycles. The summed E-state index contributed by atoms with van der Waals surface area (Å²) in [5, 5.41) is 18.4. The zero-order chi connectivity index (χ0) is 14.7. The first-order chi connectivity index (χ1) is 8.85. The van der Waals surface area contributed by atoms with Crippen molar-refractivity contribution in [3.05, 3.63) is 0 Å². The van der Waals surface area contributed by atoms with Crippen LogP contribution in [0.5, 0.6) is 0 Å². The van der Waals surface area contributed by atoms with Crippen LogP contribution in [0.4, 0.5) is 0 Å². The first-order valence-corrected chi connectivity index (χ1v) is 7.36. The highest BCUT2D eigenvalue weighted by Gasteiger charge is 2.17. The van der Waals surface area contributed by atoms with Gasteiger partial charge in [0, 0.05) is 13.0 Å². The largest absolute Gasteiger partial charge is 0.460 e. The molecule has 0 bridgehead atoms. The standard InChI is InChI=1S/C15H30O4/c1-15(2,3)19-14(18)11-10-13(17)9-7-5-4-6-8-12-16/h13,16-17H,4-12H2,1-3H3/t13-/m1/s1. The lowest BCUT2D eigenvalue weighted by Gasteiger charge is -2.20. The number of esters is 1. The highest BCUT2D eigenvalue weighted by molar-refractivity contribution is 5.69. The molecule has 4 heteroatoms. The molecule has 0 fully saturated rings. The number of unbranched alkanes of at least 4 members (excludes halogenated alkanes) is 4. The maximum Gasteiger partial charge on any atom is 0.306 e. The molecule has 2 N–H and O–H groups in total. The Kier molecular flexibility index (Phi) is 9.88. The lowest BCUT2D eigenvalue weighted by Crippen LogP contribution is -2.24. The predicted molar refractivity (Wildman–Crippen MR) is 75.9 cm³/mol. The number of carbonyl (C=O) groups is 1. The van der Waals surface area contributed by atoms with Crippen molar-refractivity contribution in [3.8, 4) is 0 Å². The second kappa shape index (κ2) is 10.2. The molecule has 0 heterocycles. The molecular formula is C15H30O4. The van der Waals surface area contributed by atoms with Crippen molar-refractivity contribution < 1.29 is 19.7 Å². The number of carbonyl (C=O) groups excluding carboxylic acids is 1. The molecule has 0 saturated carbocycles. The van der Waals surface area contributed by atoms with Crippen molar-refractivity contribution in [3.63, 3.8) is 0 Å². The van der Waals surface area contributed by atoms with Crippen LogP contribution in [0.1, 0.15) is 72.1 Å². The summed E-state index contributed by atoms with van der Waals surface area (Å²) in [6, 6.07) is 0. The average molecular weight is 274 g/mol. The second-order valence-electron chi connectivity index (χ2n) is 6.06. The fourth-order valence-corrected chi connectivity index (χ4v) is 1.84. The molecule has 0 aromatic carbocycles. The number of aliphatic hydroxyl groups is 2. The lowest BCUT2D eigenvalue weighted by molar-refractivity contribution is -0.155. The number of aliphatic hydroxyl groups excluding tert-OH is 2. The third-order valence-electron chi connectivity index (χ3n) is 2.80. The van der Waals surface area contributed by atoms with Gasteiger partial charge in [-0.3, -0.25) is 4.79 Å². The van der Waals surface area contributed by atoms with E-state index < -0.39 is 11.7 Å². The van der Waals surface area contributed by atoms with Gasteiger partial charge in [0.1, 0.15) is 5.60 Å². The Hall–Kier alpha value is -0.610. The molecule has 0 rings (SSSR count). The molecule has 0 amide bonds. The first kappa shape index (κ1) is 18.4. The molecule has 0 aromatic rings. The van der Waals surface area contributed by atoms with E-state index in [0.717, 1.165) is 38.5 Å². The number of rotatable bonds is 10. The van der Waals surface area contributed by atoms with Crippen molar-refractivity contribution in [2.24, 2.45) is 0 Å². The summed E-state index contributed by atoms with van der Waals surface area (Å²) in [5.41, 5.74) is -0.450. The molecule has 0 aromatic heterocycles. The van der Waals surface area contributed by atoms with E-state index in [9.17, 15) is 9.90 Å². The second-order valence-corrected chi connectivity index (χ2v) is 6.06. The van der Waals surface area contributed by atoms with E-state index in [-0.39, 0.29) is 19.0 Å². The topological polar surface area (TPSA) is 66.8 Å². The fourth-order valence-electron chi connectivity index (χ4n) is 1.84. The van der Waals surface area contributed by atoms with Gasteiger partial charge < -0.3 is 14.9 Å². The van der Waals surface area contributed by atoms with Gasteiger partial charge in [0.05, 0.1) is 6.10 Å². The fraction of sp³-hybridized carbons (Fsp3) is 0.933. The van der Waals surface area contributed by atoms with Gasteiger partial charge in [-0.1, -0.05) is 25.7 Å². The first-order valence-electron chi connectivity index (χ1n) is 7.36. The SMILES string of the molecule is CC(C)(C)OC(=O)CC[C@H](O)CCCCCCCO. The summed E-state index contributed by atoms with van der Waals surface area (Å²) in [6.45, 7) is 5.79. The quantitative estimate of drug-likeness (QED) is 0.475. The van der Waals surface area contributed by atoms with Gasteiger partial charge in [-0.05, 0) is 40.0 Å². The van der Waals surface area contributed by atoms with Gasteiger partial charge in [0.25, 0.3) is 0 Å². The summed E-state index contributed by atoms with van der Waals surface area (Å²) in [4.78, 5) is 11.5. The molecule has 0 spiro atoms. The van der Waals surface area contributed by atoms with Crippen LogP contribution < -0.4 is 0 Å². The van der Waals surface area contributed by atoms with E-state index in [1.54, 1.807) is 0 Å². The van der Waals surface area contributed by atoms with Crippen molar-refractivity contribution in [1.82, 2.24) is 0 Å². The van der Waals surface area contributed by atoms with Gasteiger partial charge in [-0.2, -0.15) is 0 Å². The Bertz CT molecular complexity index is 233. The Morgan fingerprint density at radius 1 is 1.05 bits per heavy atom. The molecule has 114 valence electrons. The van der Waals surface area contributed by atoms with E-state index >= 15 is 0 Å². The summed E-state index contributed by atoms with van der Waals surface area (Å²) in [7, 11) is 0. The zero-order valence-electron chi connectivity index (χ0n) is 12.7. The van der Waals surface area contributed by atoms with Crippen LogP contribution in [0, 0.1) is 0 Å². The van der Waals surface area contributed by atoms with Gasteiger partial charge in [0.2, 0.25) is 0 Å². The highest BCUT2D eigenvalue weighted by Crippen LogP contribution is 2.13. The number of hydrogen-bond acceptors (Lipinski definition) is 4. The van der Waals surface area contributed by atoms with E-state index in [4.69, 9.17) is 9.84 Å². The minimum absolute atomic E-state index is 0.241. The number of hydrogen-bond donors (Lipinski definition) is 2. The van der Waals surface area contributed by atoms with Crippen LogP contribution in [-0.4, -0.2) is 34.5 Å². The van der Waals surface area contributed by atoms with Gasteiger partial charge in [-0.25, -0.2) is 0 Å². The Labute approximate surface area is 117 Å². The van der Waals surface area contributed by atoms with E-state index in [0.29, 0.717) is 6.42 Å². The monoisotopic (exact) mass is 274 g/mol. The van der Waals surface area contributed by atoms with Crippen LogP contribution in [0.25, 0.3) is 0 Å².